The molecular formula is C14H10F3N5O2. The molecule has 0 radical (unpaired) electrons. The lowest BCUT2D eigenvalue weighted by Gasteiger charge is -2.08. The molecule has 10 heteroatoms. The van der Waals surface area contributed by atoms with Crippen LogP contribution in [0.3, 0.4) is 0 Å². The summed E-state index contributed by atoms with van der Waals surface area (Å²) >= 11 is 0. The quantitative estimate of drug-likeness (QED) is 0.739. The van der Waals surface area contributed by atoms with Gasteiger partial charge in [0.05, 0.1) is 17.2 Å². The molecule has 0 spiro atoms. The second kappa shape index (κ2) is 4.79. The van der Waals surface area contributed by atoms with Crippen molar-refractivity contribution in [3.8, 4) is 11.3 Å². The summed E-state index contributed by atoms with van der Waals surface area (Å²) in [6, 6.07) is 1.43. The van der Waals surface area contributed by atoms with E-state index in [-0.39, 0.29) is 17.7 Å². The Hall–Kier alpha value is -2.91. The number of imidazole rings is 1. The van der Waals surface area contributed by atoms with E-state index in [1.807, 2.05) is 0 Å². The van der Waals surface area contributed by atoms with E-state index in [1.54, 1.807) is 0 Å². The molecule has 2 atom stereocenters. The van der Waals surface area contributed by atoms with Gasteiger partial charge in [-0.05, 0) is 18.4 Å². The Balaban J connectivity index is 1.87. The van der Waals surface area contributed by atoms with Gasteiger partial charge in [0.2, 0.25) is 0 Å². The van der Waals surface area contributed by atoms with Gasteiger partial charge in [-0.1, -0.05) is 0 Å². The van der Waals surface area contributed by atoms with Crippen molar-refractivity contribution in [2.75, 3.05) is 0 Å². The van der Waals surface area contributed by atoms with E-state index >= 15 is 0 Å². The van der Waals surface area contributed by atoms with Crippen LogP contribution in [0.5, 0.6) is 0 Å². The van der Waals surface area contributed by atoms with Gasteiger partial charge in [-0.15, -0.1) is 0 Å². The third-order valence-corrected chi connectivity index (χ3v) is 4.09. The first-order valence-corrected chi connectivity index (χ1v) is 7.08. The van der Waals surface area contributed by atoms with Crippen molar-refractivity contribution in [3.63, 3.8) is 0 Å². The molecule has 0 saturated heterocycles. The fraction of sp³-hybridized carbons (Fsp3) is 0.286. The summed E-state index contributed by atoms with van der Waals surface area (Å²) in [6.07, 6.45) is -0.181. The zero-order chi connectivity index (χ0) is 17.1. The van der Waals surface area contributed by atoms with Gasteiger partial charge in [0.25, 0.3) is 5.56 Å². The average Bonchev–Trinajstić information content (AvgIpc) is 3.17. The van der Waals surface area contributed by atoms with Gasteiger partial charge in [0, 0.05) is 24.2 Å². The molecule has 3 heterocycles. The second-order valence-corrected chi connectivity index (χ2v) is 5.66. The van der Waals surface area contributed by atoms with Crippen LogP contribution in [0.25, 0.3) is 16.9 Å². The Labute approximate surface area is 131 Å². The number of H-pyrrole nitrogens is 2. The predicted octanol–water partition coefficient (Wildman–Crippen LogP) is 1.44. The number of hydrogen-bond donors (Lipinski definition) is 2. The predicted molar refractivity (Wildman–Crippen MR) is 76.6 cm³/mol. The largest absolute Gasteiger partial charge is 0.392 e. The zero-order valence-corrected chi connectivity index (χ0v) is 12.0. The molecule has 0 bridgehead atoms. The molecule has 124 valence electrons. The minimum Gasteiger partial charge on any atom is -0.313 e. The van der Waals surface area contributed by atoms with Crippen LogP contribution >= 0.6 is 0 Å². The van der Waals surface area contributed by atoms with Crippen molar-refractivity contribution in [1.29, 1.82) is 0 Å². The van der Waals surface area contributed by atoms with E-state index in [4.69, 9.17) is 0 Å². The molecule has 3 aromatic rings. The maximum absolute atomic E-state index is 12.9. The monoisotopic (exact) mass is 337 g/mol. The Morgan fingerprint density at radius 1 is 1.29 bits per heavy atom. The number of fused-ring (bicyclic) bond motifs is 1. The molecule has 2 N–H and O–H groups in total. The highest BCUT2D eigenvalue weighted by Gasteiger charge is 2.56. The van der Waals surface area contributed by atoms with Gasteiger partial charge >= 0.3 is 11.9 Å². The van der Waals surface area contributed by atoms with Crippen LogP contribution in [-0.4, -0.2) is 30.7 Å². The lowest BCUT2D eigenvalue weighted by molar-refractivity contribution is -0.148. The average molecular weight is 337 g/mol. The van der Waals surface area contributed by atoms with Crippen molar-refractivity contribution >= 4 is 5.65 Å². The molecule has 1 saturated carbocycles. The second-order valence-electron chi connectivity index (χ2n) is 5.66. The number of aromatic nitrogens is 5. The Bertz CT molecular complexity index is 1050. The van der Waals surface area contributed by atoms with Gasteiger partial charge in [0.15, 0.2) is 5.65 Å². The lowest BCUT2D eigenvalue weighted by Crippen LogP contribution is -2.23. The number of rotatable bonds is 2. The van der Waals surface area contributed by atoms with E-state index < -0.39 is 29.3 Å². The van der Waals surface area contributed by atoms with Crippen molar-refractivity contribution in [2.45, 2.75) is 18.5 Å². The summed E-state index contributed by atoms with van der Waals surface area (Å²) in [4.78, 5) is 31.5. The molecule has 24 heavy (non-hydrogen) atoms. The topological polar surface area (TPSA) is 95.9 Å². The van der Waals surface area contributed by atoms with Crippen LogP contribution < -0.4 is 11.2 Å². The molecule has 0 aliphatic heterocycles. The van der Waals surface area contributed by atoms with Gasteiger partial charge in [-0.25, -0.2) is 14.3 Å². The molecule has 0 amide bonds. The van der Waals surface area contributed by atoms with E-state index in [1.165, 1.54) is 29.2 Å². The molecule has 3 aromatic heterocycles. The van der Waals surface area contributed by atoms with E-state index in [2.05, 4.69) is 20.1 Å². The van der Waals surface area contributed by atoms with Gasteiger partial charge in [0.1, 0.15) is 0 Å². The van der Waals surface area contributed by atoms with Crippen LogP contribution in [0.1, 0.15) is 17.9 Å². The number of nitrogens with one attached hydrogen (secondary N) is 2. The Morgan fingerprint density at radius 2 is 2.08 bits per heavy atom. The number of halogens is 3. The molecule has 1 fully saturated rings. The van der Waals surface area contributed by atoms with Crippen molar-refractivity contribution in [2.24, 2.45) is 5.92 Å². The summed E-state index contributed by atoms with van der Waals surface area (Å²) in [5.74, 6) is -2.12. The van der Waals surface area contributed by atoms with E-state index in [9.17, 15) is 22.8 Å². The van der Waals surface area contributed by atoms with Crippen LogP contribution in [0.2, 0.25) is 0 Å². The Morgan fingerprint density at radius 3 is 2.75 bits per heavy atom. The van der Waals surface area contributed by atoms with Crippen LogP contribution in [-0.2, 0) is 0 Å². The van der Waals surface area contributed by atoms with Gasteiger partial charge < -0.3 is 4.98 Å². The van der Waals surface area contributed by atoms with E-state index in [0.717, 1.165) is 0 Å². The summed E-state index contributed by atoms with van der Waals surface area (Å²) in [6.45, 7) is 0. The first kappa shape index (κ1) is 14.7. The molecule has 1 aliphatic carbocycles. The van der Waals surface area contributed by atoms with Crippen molar-refractivity contribution < 1.29 is 13.2 Å². The standard InChI is InChI=1S/C14H10F3N5O2/c15-14(16,17)9-3-6(9)7-4-10(21-22-2-1-18-11(7)22)8-5-19-13(24)20-12(8)23/h1-2,4-6,9H,3H2,(H2,19,20,23,24). The third kappa shape index (κ3) is 2.30. The number of alkyl halides is 3. The third-order valence-electron chi connectivity index (χ3n) is 4.09. The lowest BCUT2D eigenvalue weighted by atomic mass is 10.1. The van der Waals surface area contributed by atoms with Gasteiger partial charge in [-0.3, -0.25) is 9.78 Å². The number of aromatic amines is 2. The minimum absolute atomic E-state index is 0.0164. The number of hydrogen-bond acceptors (Lipinski definition) is 4. The zero-order valence-electron chi connectivity index (χ0n) is 12.0. The number of nitrogens with zero attached hydrogens (tertiary/aromatic N) is 3. The van der Waals surface area contributed by atoms with Crippen LogP contribution in [0.4, 0.5) is 13.2 Å². The summed E-state index contributed by atoms with van der Waals surface area (Å²) in [5.41, 5.74) is -0.391. The molecule has 1 aliphatic rings. The molecule has 0 aromatic carbocycles. The van der Waals surface area contributed by atoms with Crippen molar-refractivity contribution in [1.82, 2.24) is 24.6 Å². The highest BCUT2D eigenvalue weighted by molar-refractivity contribution is 5.63. The minimum atomic E-state index is -4.27. The van der Waals surface area contributed by atoms with Gasteiger partial charge in [-0.2, -0.15) is 18.3 Å². The highest BCUT2D eigenvalue weighted by atomic mass is 19.4. The summed E-state index contributed by atoms with van der Waals surface area (Å²) in [5, 5.41) is 4.18. The maximum Gasteiger partial charge on any atom is 0.392 e. The molecular weight excluding hydrogens is 327 g/mol. The first-order chi connectivity index (χ1) is 11.3. The fourth-order valence-corrected chi connectivity index (χ4v) is 2.85. The van der Waals surface area contributed by atoms with Crippen molar-refractivity contribution in [3.05, 3.63) is 51.1 Å². The van der Waals surface area contributed by atoms with E-state index in [0.29, 0.717) is 11.2 Å². The smallest absolute Gasteiger partial charge is 0.313 e. The molecule has 2 unspecified atom stereocenters. The summed E-state index contributed by atoms with van der Waals surface area (Å²) in [7, 11) is 0. The summed E-state index contributed by atoms with van der Waals surface area (Å²) < 4.78 is 40.0. The maximum atomic E-state index is 12.9. The van der Waals surface area contributed by atoms with Crippen LogP contribution in [0, 0.1) is 5.92 Å². The van der Waals surface area contributed by atoms with Crippen LogP contribution in [0.15, 0.2) is 34.2 Å². The molecule has 7 nitrogen and oxygen atoms in total. The first-order valence-electron chi connectivity index (χ1n) is 7.08. The normalized spacial score (nSPS) is 20.5. The Kier molecular flexibility index (Phi) is 2.93. The highest BCUT2D eigenvalue weighted by Crippen LogP contribution is 2.56. The SMILES string of the molecule is O=c1[nH]cc(-c2cc(C3CC3C(F)(F)F)c3nccn3n2)c(=O)[nH]1. The molecule has 4 rings (SSSR count). The fourth-order valence-electron chi connectivity index (χ4n) is 2.85.